The van der Waals surface area contributed by atoms with Crippen LogP contribution in [0.2, 0.25) is 0 Å². The van der Waals surface area contributed by atoms with Crippen molar-refractivity contribution in [3.8, 4) is 0 Å². The third-order valence-corrected chi connectivity index (χ3v) is 5.98. The van der Waals surface area contributed by atoms with Crippen LogP contribution in [0.25, 0.3) is 0 Å². The van der Waals surface area contributed by atoms with Crippen molar-refractivity contribution in [1.29, 1.82) is 0 Å². The highest BCUT2D eigenvalue weighted by Crippen LogP contribution is 2.22. The number of piperazine rings is 1. The molecule has 1 aromatic heterocycles. The molecule has 26 heavy (non-hydrogen) atoms. The van der Waals surface area contributed by atoms with E-state index in [-0.39, 0.29) is 12.1 Å². The minimum Gasteiger partial charge on any atom is -0.462 e. The molecule has 1 aromatic rings. The van der Waals surface area contributed by atoms with E-state index in [1.165, 1.54) is 17.8 Å². The average Bonchev–Trinajstić information content (AvgIpc) is 3.36. The summed E-state index contributed by atoms with van der Waals surface area (Å²) >= 11 is 1.79. The van der Waals surface area contributed by atoms with Gasteiger partial charge >= 0.3 is 5.97 Å². The smallest absolute Gasteiger partial charge is 0.306 e. The number of carbonyl (C=O) groups excluding carboxylic acids is 1. The van der Waals surface area contributed by atoms with Crippen molar-refractivity contribution in [2.45, 2.75) is 44.6 Å². The van der Waals surface area contributed by atoms with Gasteiger partial charge in [0.15, 0.2) is 5.96 Å². The molecule has 0 amide bonds. The molecule has 1 aliphatic heterocycles. The van der Waals surface area contributed by atoms with E-state index in [4.69, 9.17) is 4.74 Å². The van der Waals surface area contributed by atoms with Crippen molar-refractivity contribution < 1.29 is 9.53 Å². The lowest BCUT2D eigenvalue weighted by molar-refractivity contribution is -0.148. The Bertz CT molecular complexity index is 576. The largest absolute Gasteiger partial charge is 0.462 e. The number of aliphatic imine (C=N–C) groups is 1. The van der Waals surface area contributed by atoms with Gasteiger partial charge in [0.05, 0.1) is 5.00 Å². The van der Waals surface area contributed by atoms with Crippen molar-refractivity contribution in [1.82, 2.24) is 10.2 Å². The first kappa shape index (κ1) is 19.0. The molecule has 0 aromatic carbocycles. The molecular weight excluding hydrogens is 348 g/mol. The highest BCUT2D eigenvalue weighted by Gasteiger charge is 2.21. The Kier molecular flexibility index (Phi) is 7.17. The molecule has 0 spiro atoms. The van der Waals surface area contributed by atoms with E-state index in [0.29, 0.717) is 6.42 Å². The molecule has 0 bridgehead atoms. The molecular formula is C19H30N4O2S. The van der Waals surface area contributed by atoms with E-state index in [1.807, 2.05) is 7.05 Å². The maximum absolute atomic E-state index is 11.9. The summed E-state index contributed by atoms with van der Waals surface area (Å²) in [7, 11) is 1.82. The van der Waals surface area contributed by atoms with Gasteiger partial charge in [0.25, 0.3) is 0 Å². The SMILES string of the molecule is CN=C(NCCCC(=O)OC1CCCC1)N1CCN(c2cccs2)CC1. The number of nitrogens with zero attached hydrogens (tertiary/aromatic N) is 3. The summed E-state index contributed by atoms with van der Waals surface area (Å²) in [5, 5.41) is 6.86. The molecule has 6 nitrogen and oxygen atoms in total. The van der Waals surface area contributed by atoms with Gasteiger partial charge in [-0.05, 0) is 49.6 Å². The van der Waals surface area contributed by atoms with Crippen molar-refractivity contribution in [2.75, 3.05) is 44.7 Å². The molecule has 0 radical (unpaired) electrons. The molecule has 0 atom stereocenters. The first-order valence-electron chi connectivity index (χ1n) is 9.70. The van der Waals surface area contributed by atoms with Gasteiger partial charge in [-0.25, -0.2) is 0 Å². The molecule has 2 aliphatic rings. The van der Waals surface area contributed by atoms with Crippen LogP contribution in [-0.2, 0) is 9.53 Å². The maximum Gasteiger partial charge on any atom is 0.306 e. The minimum atomic E-state index is -0.0572. The van der Waals surface area contributed by atoms with Gasteiger partial charge < -0.3 is 19.9 Å². The number of ether oxygens (including phenoxy) is 1. The lowest BCUT2D eigenvalue weighted by Gasteiger charge is -2.37. The number of nitrogens with one attached hydrogen (secondary N) is 1. The van der Waals surface area contributed by atoms with E-state index >= 15 is 0 Å². The predicted molar refractivity (Wildman–Crippen MR) is 107 cm³/mol. The summed E-state index contributed by atoms with van der Waals surface area (Å²) in [4.78, 5) is 21.0. The average molecular weight is 379 g/mol. The lowest BCUT2D eigenvalue weighted by atomic mass is 10.3. The highest BCUT2D eigenvalue weighted by molar-refractivity contribution is 7.14. The fourth-order valence-corrected chi connectivity index (χ4v) is 4.39. The fraction of sp³-hybridized carbons (Fsp3) is 0.684. The van der Waals surface area contributed by atoms with Gasteiger partial charge in [-0.2, -0.15) is 0 Å². The maximum atomic E-state index is 11.9. The molecule has 144 valence electrons. The third-order valence-electron chi connectivity index (χ3n) is 5.05. The molecule has 2 heterocycles. The molecule has 1 saturated heterocycles. The summed E-state index contributed by atoms with van der Waals surface area (Å²) < 4.78 is 5.50. The number of carbonyl (C=O) groups is 1. The number of hydrogen-bond donors (Lipinski definition) is 1. The molecule has 1 saturated carbocycles. The quantitative estimate of drug-likeness (QED) is 0.357. The van der Waals surface area contributed by atoms with E-state index in [9.17, 15) is 4.79 Å². The summed E-state index contributed by atoms with van der Waals surface area (Å²) in [6, 6.07) is 4.28. The zero-order chi connectivity index (χ0) is 18.2. The van der Waals surface area contributed by atoms with E-state index in [1.54, 1.807) is 11.3 Å². The minimum absolute atomic E-state index is 0.0572. The van der Waals surface area contributed by atoms with Gasteiger partial charge in [0.1, 0.15) is 6.10 Å². The first-order chi connectivity index (χ1) is 12.8. The molecule has 3 rings (SSSR count). The van der Waals surface area contributed by atoms with Gasteiger partial charge in [-0.3, -0.25) is 9.79 Å². The first-order valence-corrected chi connectivity index (χ1v) is 10.6. The van der Waals surface area contributed by atoms with E-state index in [2.05, 4.69) is 37.6 Å². The van der Waals surface area contributed by atoms with Crippen LogP contribution in [0.1, 0.15) is 38.5 Å². The zero-order valence-corrected chi connectivity index (χ0v) is 16.5. The van der Waals surface area contributed by atoms with E-state index in [0.717, 1.165) is 57.9 Å². The second-order valence-electron chi connectivity index (χ2n) is 6.90. The second kappa shape index (κ2) is 9.80. The lowest BCUT2D eigenvalue weighted by Crippen LogP contribution is -2.52. The highest BCUT2D eigenvalue weighted by atomic mass is 32.1. The number of thiophene rings is 1. The van der Waals surface area contributed by atoms with Crippen LogP contribution in [0.3, 0.4) is 0 Å². The van der Waals surface area contributed by atoms with E-state index < -0.39 is 0 Å². The Morgan fingerprint density at radius 3 is 2.73 bits per heavy atom. The Balaban J connectivity index is 1.32. The van der Waals surface area contributed by atoms with Gasteiger partial charge in [-0.1, -0.05) is 0 Å². The molecule has 0 unspecified atom stereocenters. The summed E-state index contributed by atoms with van der Waals surface area (Å²) in [6.07, 6.45) is 5.88. The van der Waals surface area contributed by atoms with Crippen LogP contribution < -0.4 is 10.2 Å². The fourth-order valence-electron chi connectivity index (χ4n) is 3.60. The Morgan fingerprint density at radius 1 is 1.31 bits per heavy atom. The number of anilines is 1. The number of hydrogen-bond acceptors (Lipinski definition) is 5. The second-order valence-corrected chi connectivity index (χ2v) is 7.83. The van der Waals surface area contributed by atoms with Crippen molar-refractivity contribution in [3.05, 3.63) is 17.5 Å². The standard InChI is InChI=1S/C19H30N4O2S/c1-20-19(21-10-4-9-18(24)25-16-6-2-3-7-16)23-13-11-22(12-14-23)17-8-5-15-26-17/h5,8,15-16H,2-4,6-7,9-14H2,1H3,(H,20,21). The summed E-state index contributed by atoms with van der Waals surface area (Å²) in [5.41, 5.74) is 0. The Labute approximate surface area is 160 Å². The zero-order valence-electron chi connectivity index (χ0n) is 15.7. The normalized spacial score (nSPS) is 19.0. The van der Waals surface area contributed by atoms with Crippen LogP contribution in [0.4, 0.5) is 5.00 Å². The van der Waals surface area contributed by atoms with Crippen LogP contribution in [0.15, 0.2) is 22.5 Å². The van der Waals surface area contributed by atoms with Crippen LogP contribution in [-0.4, -0.2) is 62.7 Å². The molecule has 1 aliphatic carbocycles. The Morgan fingerprint density at radius 2 is 2.08 bits per heavy atom. The Hall–Kier alpha value is -1.76. The molecule has 1 N–H and O–H groups in total. The molecule has 2 fully saturated rings. The predicted octanol–water partition coefficient (Wildman–Crippen LogP) is 2.71. The molecule has 7 heteroatoms. The van der Waals surface area contributed by atoms with Crippen molar-refractivity contribution in [2.24, 2.45) is 4.99 Å². The van der Waals surface area contributed by atoms with Crippen molar-refractivity contribution >= 4 is 28.3 Å². The van der Waals surface area contributed by atoms with Crippen LogP contribution in [0, 0.1) is 0 Å². The van der Waals surface area contributed by atoms with Crippen molar-refractivity contribution in [3.63, 3.8) is 0 Å². The number of rotatable bonds is 6. The summed E-state index contributed by atoms with van der Waals surface area (Å²) in [5.74, 6) is 0.873. The van der Waals surface area contributed by atoms with Gasteiger partial charge in [-0.15, -0.1) is 11.3 Å². The van der Waals surface area contributed by atoms with Crippen LogP contribution in [0.5, 0.6) is 0 Å². The summed E-state index contributed by atoms with van der Waals surface area (Å²) in [6.45, 7) is 4.68. The third kappa shape index (κ3) is 5.37. The topological polar surface area (TPSA) is 57.2 Å². The van der Waals surface area contributed by atoms with Gasteiger partial charge in [0.2, 0.25) is 0 Å². The number of guanidine groups is 1. The van der Waals surface area contributed by atoms with Gasteiger partial charge in [0, 0.05) is 46.2 Å². The number of esters is 1. The van der Waals surface area contributed by atoms with Crippen LogP contribution >= 0.6 is 11.3 Å². The monoisotopic (exact) mass is 378 g/mol.